The number of amides is 3. The van der Waals surface area contributed by atoms with Gasteiger partial charge in [0.2, 0.25) is 0 Å². The quantitative estimate of drug-likeness (QED) is 0.713. The highest BCUT2D eigenvalue weighted by Crippen LogP contribution is 2.30. The zero-order valence-corrected chi connectivity index (χ0v) is 16.5. The number of benzene rings is 1. The van der Waals surface area contributed by atoms with Crippen LogP contribution >= 0.6 is 23.4 Å². The number of ether oxygens (including phenoxy) is 1. The minimum atomic E-state index is -0.505. The number of imide groups is 1. The molecule has 0 radical (unpaired) electrons. The number of likely N-dealkylation sites (N-methyl/N-ethyl adjacent to an activating group) is 2. The van der Waals surface area contributed by atoms with Gasteiger partial charge in [-0.1, -0.05) is 35.5 Å². The smallest absolute Gasteiger partial charge is 0.328 e. The molecule has 2 aliphatic heterocycles. The second-order valence-corrected chi connectivity index (χ2v) is 7.67. The third-order valence-electron chi connectivity index (χ3n) is 4.47. The van der Waals surface area contributed by atoms with Gasteiger partial charge in [0.1, 0.15) is 0 Å². The van der Waals surface area contributed by atoms with E-state index in [1.165, 1.54) is 21.6 Å². The summed E-state index contributed by atoms with van der Waals surface area (Å²) in [7, 11) is 5.16. The maximum absolute atomic E-state index is 13.0. The van der Waals surface area contributed by atoms with Gasteiger partial charge in [-0.2, -0.15) is 0 Å². The van der Waals surface area contributed by atoms with Gasteiger partial charge in [-0.3, -0.25) is 9.69 Å². The molecule has 1 aromatic rings. The first kappa shape index (κ1) is 19.0. The highest BCUT2D eigenvalue weighted by atomic mass is 35.5. The lowest BCUT2D eigenvalue weighted by molar-refractivity contribution is -0.137. The van der Waals surface area contributed by atoms with Crippen molar-refractivity contribution in [3.63, 3.8) is 0 Å². The van der Waals surface area contributed by atoms with Crippen molar-refractivity contribution in [1.82, 2.24) is 14.7 Å². The number of carbonyl (C=O) groups excluding carboxylic acids is 2. The number of aliphatic imine (C=N–C) groups is 1. The Kier molecular flexibility index (Phi) is 5.74. The fourth-order valence-corrected chi connectivity index (χ4v) is 4.07. The molecule has 1 fully saturated rings. The van der Waals surface area contributed by atoms with E-state index in [9.17, 15) is 9.59 Å². The van der Waals surface area contributed by atoms with Crippen molar-refractivity contribution < 1.29 is 14.3 Å². The Morgan fingerprint density at radius 3 is 2.54 bits per heavy atom. The first-order valence-electron chi connectivity index (χ1n) is 8.19. The summed E-state index contributed by atoms with van der Waals surface area (Å²) < 4.78 is 5.06. The Hall–Kier alpha value is -1.77. The van der Waals surface area contributed by atoms with Gasteiger partial charge in [0, 0.05) is 32.0 Å². The van der Waals surface area contributed by atoms with Gasteiger partial charge < -0.3 is 14.5 Å². The van der Waals surface area contributed by atoms with Crippen molar-refractivity contribution in [2.24, 2.45) is 4.99 Å². The monoisotopic (exact) mass is 396 g/mol. The second kappa shape index (κ2) is 7.85. The van der Waals surface area contributed by atoms with Crippen LogP contribution in [0, 0.1) is 0 Å². The zero-order valence-electron chi connectivity index (χ0n) is 14.9. The summed E-state index contributed by atoms with van der Waals surface area (Å²) in [5, 5.41) is 1.36. The molecule has 0 saturated carbocycles. The summed E-state index contributed by atoms with van der Waals surface area (Å²) in [5.74, 6) is 0.501. The largest absolute Gasteiger partial charge is 0.384 e. The highest BCUT2D eigenvalue weighted by Gasteiger charge is 2.50. The van der Waals surface area contributed by atoms with E-state index in [1.807, 2.05) is 24.1 Å². The Morgan fingerprint density at radius 2 is 1.88 bits per heavy atom. The number of carbonyl (C=O) groups is 2. The predicted molar refractivity (Wildman–Crippen MR) is 102 cm³/mol. The maximum Gasteiger partial charge on any atom is 0.328 e. The van der Waals surface area contributed by atoms with Crippen LogP contribution in [-0.2, 0) is 16.1 Å². The van der Waals surface area contributed by atoms with Crippen LogP contribution in [0.5, 0.6) is 0 Å². The molecule has 3 amide bonds. The number of amidine groups is 1. The average Bonchev–Trinajstić information content (AvgIpc) is 2.96. The average molecular weight is 397 g/mol. The number of methoxy groups -OCH3 is 1. The summed E-state index contributed by atoms with van der Waals surface area (Å²) in [6.07, 6.45) is -0.494. The molecule has 0 aromatic heterocycles. The van der Waals surface area contributed by atoms with Crippen LogP contribution < -0.4 is 0 Å². The summed E-state index contributed by atoms with van der Waals surface area (Å²) in [5.41, 5.74) is 0.846. The van der Waals surface area contributed by atoms with Gasteiger partial charge >= 0.3 is 6.03 Å². The van der Waals surface area contributed by atoms with Gasteiger partial charge in [0.15, 0.2) is 17.4 Å². The zero-order chi connectivity index (χ0) is 18.8. The summed E-state index contributed by atoms with van der Waals surface area (Å²) in [4.78, 5) is 35.0. The van der Waals surface area contributed by atoms with E-state index in [0.717, 1.165) is 16.5 Å². The Morgan fingerprint density at radius 1 is 1.19 bits per heavy atom. The number of hydrogen-bond acceptors (Lipinski definition) is 6. The molecule has 0 N–H and O–H groups in total. The van der Waals surface area contributed by atoms with Crippen molar-refractivity contribution in [2.45, 2.75) is 18.8 Å². The predicted octanol–water partition coefficient (Wildman–Crippen LogP) is 2.11. The van der Waals surface area contributed by atoms with Gasteiger partial charge in [0.25, 0.3) is 5.91 Å². The summed E-state index contributed by atoms with van der Waals surface area (Å²) in [6.45, 7) is 0.806. The topological polar surface area (TPSA) is 65.5 Å². The third kappa shape index (κ3) is 3.54. The number of urea groups is 1. The van der Waals surface area contributed by atoms with E-state index in [4.69, 9.17) is 16.3 Å². The van der Waals surface area contributed by atoms with Crippen LogP contribution in [-0.4, -0.2) is 77.6 Å². The number of halogens is 1. The normalized spacial score (nSPS) is 22.8. The molecule has 26 heavy (non-hydrogen) atoms. The van der Waals surface area contributed by atoms with Crippen LogP contribution in [0.2, 0.25) is 5.02 Å². The molecule has 2 atom stereocenters. The van der Waals surface area contributed by atoms with Crippen molar-refractivity contribution in [3.8, 4) is 0 Å². The molecule has 9 heteroatoms. The molecule has 7 nitrogen and oxygen atoms in total. The Balaban J connectivity index is 1.78. The standard InChI is InChI=1S/C17H21ClN4O3S/c1-20-13-14(19-16(20)26-9-8-25-3)21(2)17(24)22(15(13)23)10-11-4-6-12(18)7-5-11/h4-7,13-14H,8-10H2,1-3H3. The van der Waals surface area contributed by atoms with Crippen LogP contribution in [0.15, 0.2) is 29.3 Å². The lowest BCUT2D eigenvalue weighted by Crippen LogP contribution is -2.64. The van der Waals surface area contributed by atoms with E-state index in [0.29, 0.717) is 11.6 Å². The summed E-state index contributed by atoms with van der Waals surface area (Å²) >= 11 is 7.43. The van der Waals surface area contributed by atoms with Crippen LogP contribution in [0.1, 0.15) is 5.56 Å². The number of hydrogen-bond donors (Lipinski definition) is 0. The minimum absolute atomic E-state index is 0.211. The van der Waals surface area contributed by atoms with Crippen molar-refractivity contribution >= 4 is 40.5 Å². The molecule has 1 saturated heterocycles. The fourth-order valence-electron chi connectivity index (χ4n) is 3.02. The molecule has 3 rings (SSSR count). The van der Waals surface area contributed by atoms with Gasteiger partial charge in [-0.05, 0) is 17.7 Å². The molecular weight excluding hydrogens is 376 g/mol. The number of rotatable bonds is 5. The van der Waals surface area contributed by atoms with Crippen molar-refractivity contribution in [3.05, 3.63) is 34.9 Å². The first-order chi connectivity index (χ1) is 12.4. The lowest BCUT2D eigenvalue weighted by atomic mass is 10.1. The lowest BCUT2D eigenvalue weighted by Gasteiger charge is -2.40. The maximum atomic E-state index is 13.0. The molecule has 2 unspecified atom stereocenters. The molecular formula is C17H21ClN4O3S. The number of fused-ring (bicyclic) bond motifs is 1. The van der Waals surface area contributed by atoms with Crippen molar-refractivity contribution in [2.75, 3.05) is 33.6 Å². The third-order valence-corrected chi connectivity index (χ3v) is 5.74. The summed E-state index contributed by atoms with van der Waals surface area (Å²) in [6, 6.07) is 6.28. The Bertz CT molecular complexity index is 727. The minimum Gasteiger partial charge on any atom is -0.384 e. The van der Waals surface area contributed by atoms with Gasteiger partial charge in [-0.15, -0.1) is 0 Å². The highest BCUT2D eigenvalue weighted by molar-refractivity contribution is 8.13. The van der Waals surface area contributed by atoms with Gasteiger partial charge in [0.05, 0.1) is 13.2 Å². The molecule has 0 bridgehead atoms. The van der Waals surface area contributed by atoms with E-state index < -0.39 is 12.2 Å². The Labute approximate surface area is 161 Å². The number of nitrogens with zero attached hydrogens (tertiary/aromatic N) is 4. The van der Waals surface area contributed by atoms with Gasteiger partial charge in [-0.25, -0.2) is 9.79 Å². The second-order valence-electron chi connectivity index (χ2n) is 6.17. The number of thioether (sulfide) groups is 1. The van der Waals surface area contributed by atoms with E-state index in [2.05, 4.69) is 4.99 Å². The van der Waals surface area contributed by atoms with Crippen LogP contribution in [0.25, 0.3) is 0 Å². The van der Waals surface area contributed by atoms with Crippen LogP contribution in [0.4, 0.5) is 4.79 Å². The van der Waals surface area contributed by atoms with E-state index >= 15 is 0 Å². The molecule has 2 aliphatic rings. The van der Waals surface area contributed by atoms with Crippen molar-refractivity contribution in [1.29, 1.82) is 0 Å². The SMILES string of the molecule is COCCSC1=NC2C(C(=O)N(Cc3ccc(Cl)cc3)C(=O)N2C)N1C. The first-order valence-corrected chi connectivity index (χ1v) is 9.55. The van der Waals surface area contributed by atoms with E-state index in [1.54, 1.807) is 26.3 Å². The van der Waals surface area contributed by atoms with E-state index in [-0.39, 0.29) is 18.5 Å². The molecule has 1 aromatic carbocycles. The van der Waals surface area contributed by atoms with Crippen LogP contribution in [0.3, 0.4) is 0 Å². The molecule has 2 heterocycles. The fraction of sp³-hybridized carbons (Fsp3) is 0.471. The molecule has 0 aliphatic carbocycles. The molecule has 0 spiro atoms. The molecule has 140 valence electrons.